The Morgan fingerprint density at radius 2 is 2.00 bits per heavy atom. The van der Waals surface area contributed by atoms with Crippen molar-refractivity contribution in [1.82, 2.24) is 4.90 Å². The number of likely N-dealkylation sites (N-methyl/N-ethyl adjacent to an activating group) is 1. The van der Waals surface area contributed by atoms with Gasteiger partial charge in [0.15, 0.2) is 0 Å². The first-order valence-electron chi connectivity index (χ1n) is 7.62. The van der Waals surface area contributed by atoms with E-state index in [0.717, 1.165) is 37.0 Å². The molecule has 1 fully saturated rings. The zero-order valence-electron chi connectivity index (χ0n) is 13.0. The molecular formula is C17H25NO3. The van der Waals surface area contributed by atoms with Gasteiger partial charge in [0.25, 0.3) is 0 Å². The third kappa shape index (κ3) is 4.21. The fourth-order valence-corrected chi connectivity index (χ4v) is 3.06. The second-order valence-corrected chi connectivity index (χ2v) is 5.99. The van der Waals surface area contributed by atoms with Gasteiger partial charge in [-0.25, -0.2) is 0 Å². The summed E-state index contributed by atoms with van der Waals surface area (Å²) in [6, 6.07) is 7.76. The van der Waals surface area contributed by atoms with Crippen LogP contribution in [0.25, 0.3) is 0 Å². The molecule has 1 N–H and O–H groups in total. The Morgan fingerprint density at radius 3 is 2.67 bits per heavy atom. The van der Waals surface area contributed by atoms with Crippen LogP contribution in [0.15, 0.2) is 24.3 Å². The first kappa shape index (κ1) is 15.8. The summed E-state index contributed by atoms with van der Waals surface area (Å²) >= 11 is 0. The van der Waals surface area contributed by atoms with Gasteiger partial charge in [0, 0.05) is 20.0 Å². The molecule has 4 nitrogen and oxygen atoms in total. The number of amides is 1. The summed E-state index contributed by atoms with van der Waals surface area (Å²) in [7, 11) is 3.42. The van der Waals surface area contributed by atoms with Crippen LogP contribution in [0.2, 0.25) is 0 Å². The van der Waals surface area contributed by atoms with Crippen molar-refractivity contribution in [3.8, 4) is 5.75 Å². The van der Waals surface area contributed by atoms with Gasteiger partial charge in [-0.05, 0) is 30.9 Å². The van der Waals surface area contributed by atoms with Crippen molar-refractivity contribution in [3.63, 3.8) is 0 Å². The maximum absolute atomic E-state index is 12.2. The second kappa shape index (κ2) is 6.94. The van der Waals surface area contributed by atoms with Crippen LogP contribution in [-0.2, 0) is 11.2 Å². The molecule has 1 amide bonds. The lowest BCUT2D eigenvalue weighted by atomic mass is 10.0. The Morgan fingerprint density at radius 1 is 1.33 bits per heavy atom. The number of benzene rings is 1. The monoisotopic (exact) mass is 291 g/mol. The lowest BCUT2D eigenvalue weighted by molar-refractivity contribution is -0.133. The van der Waals surface area contributed by atoms with E-state index in [0.29, 0.717) is 19.4 Å². The largest absolute Gasteiger partial charge is 0.496 e. The highest BCUT2D eigenvalue weighted by atomic mass is 16.5. The molecule has 0 atom stereocenters. The van der Waals surface area contributed by atoms with Crippen molar-refractivity contribution >= 4 is 5.91 Å². The molecule has 0 bridgehead atoms. The molecular weight excluding hydrogens is 266 g/mol. The number of carbonyl (C=O) groups excluding carboxylic acids is 1. The molecule has 0 spiro atoms. The van der Waals surface area contributed by atoms with Crippen LogP contribution in [0, 0.1) is 0 Å². The minimum Gasteiger partial charge on any atom is -0.496 e. The molecule has 2 rings (SSSR count). The summed E-state index contributed by atoms with van der Waals surface area (Å²) < 4.78 is 5.30. The fraction of sp³-hybridized carbons (Fsp3) is 0.588. The van der Waals surface area contributed by atoms with Crippen LogP contribution in [-0.4, -0.2) is 42.2 Å². The molecule has 21 heavy (non-hydrogen) atoms. The molecule has 116 valence electrons. The van der Waals surface area contributed by atoms with Crippen molar-refractivity contribution in [2.24, 2.45) is 0 Å². The second-order valence-electron chi connectivity index (χ2n) is 5.99. The highest BCUT2D eigenvalue weighted by Gasteiger charge is 2.33. The Bertz CT molecular complexity index is 481. The summed E-state index contributed by atoms with van der Waals surface area (Å²) in [5.74, 6) is 0.892. The van der Waals surface area contributed by atoms with Gasteiger partial charge in [-0.2, -0.15) is 0 Å². The van der Waals surface area contributed by atoms with Gasteiger partial charge in [0.2, 0.25) is 5.91 Å². The smallest absolute Gasteiger partial charge is 0.222 e. The molecule has 1 aromatic carbocycles. The van der Waals surface area contributed by atoms with E-state index in [2.05, 4.69) is 0 Å². The third-order valence-electron chi connectivity index (χ3n) is 4.29. The van der Waals surface area contributed by atoms with Crippen LogP contribution in [0.1, 0.15) is 37.7 Å². The number of methoxy groups -OCH3 is 1. The van der Waals surface area contributed by atoms with Crippen molar-refractivity contribution in [3.05, 3.63) is 29.8 Å². The van der Waals surface area contributed by atoms with Crippen LogP contribution < -0.4 is 4.74 Å². The highest BCUT2D eigenvalue weighted by Crippen LogP contribution is 2.30. The molecule has 1 aliphatic carbocycles. The Labute approximate surface area is 126 Å². The molecule has 4 heteroatoms. The number of aryl methyl sites for hydroxylation is 1. The molecule has 0 heterocycles. The molecule has 0 radical (unpaired) electrons. The van der Waals surface area contributed by atoms with Gasteiger partial charge in [-0.15, -0.1) is 0 Å². The predicted octanol–water partition coefficient (Wildman–Crippen LogP) is 2.39. The normalized spacial score (nSPS) is 16.7. The maximum atomic E-state index is 12.2. The first-order chi connectivity index (χ1) is 10.0. The van der Waals surface area contributed by atoms with E-state index in [4.69, 9.17) is 4.74 Å². The van der Waals surface area contributed by atoms with Gasteiger partial charge >= 0.3 is 0 Å². The van der Waals surface area contributed by atoms with Crippen molar-refractivity contribution in [2.45, 2.75) is 44.1 Å². The first-order valence-corrected chi connectivity index (χ1v) is 7.62. The summed E-state index contributed by atoms with van der Waals surface area (Å²) in [6.07, 6.45) is 4.81. The van der Waals surface area contributed by atoms with Crippen LogP contribution >= 0.6 is 0 Å². The van der Waals surface area contributed by atoms with E-state index in [1.165, 1.54) is 0 Å². The van der Waals surface area contributed by atoms with Crippen molar-refractivity contribution in [1.29, 1.82) is 0 Å². The maximum Gasteiger partial charge on any atom is 0.222 e. The number of hydrogen-bond acceptors (Lipinski definition) is 3. The number of nitrogens with zero attached hydrogens (tertiary/aromatic N) is 1. The van der Waals surface area contributed by atoms with Crippen LogP contribution in [0.5, 0.6) is 5.75 Å². The Balaban J connectivity index is 1.86. The quantitative estimate of drug-likeness (QED) is 0.875. The molecule has 0 unspecified atom stereocenters. The summed E-state index contributed by atoms with van der Waals surface area (Å²) in [6.45, 7) is 0.442. The molecule has 1 aliphatic rings. The third-order valence-corrected chi connectivity index (χ3v) is 4.29. The topological polar surface area (TPSA) is 49.8 Å². The minimum atomic E-state index is -0.672. The lowest BCUT2D eigenvalue weighted by Gasteiger charge is -2.28. The number of para-hydroxylation sites is 1. The molecule has 1 saturated carbocycles. The standard InChI is InChI=1S/C17H25NO3/c1-18(13-17(20)11-5-6-12-17)16(19)10-9-14-7-3-4-8-15(14)21-2/h3-4,7-8,20H,5-6,9-13H2,1-2H3. The average Bonchev–Trinajstić information content (AvgIpc) is 2.91. The lowest BCUT2D eigenvalue weighted by Crippen LogP contribution is -2.42. The zero-order valence-corrected chi connectivity index (χ0v) is 13.0. The fourth-order valence-electron chi connectivity index (χ4n) is 3.06. The van der Waals surface area contributed by atoms with Gasteiger partial charge < -0.3 is 14.7 Å². The Kier molecular flexibility index (Phi) is 5.23. The van der Waals surface area contributed by atoms with E-state index in [1.54, 1.807) is 19.1 Å². The molecule has 0 saturated heterocycles. The SMILES string of the molecule is COc1ccccc1CCC(=O)N(C)CC1(O)CCCC1. The number of carbonyl (C=O) groups is 1. The molecule has 0 aromatic heterocycles. The summed E-state index contributed by atoms with van der Waals surface area (Å²) in [5.41, 5.74) is 0.371. The molecule has 1 aromatic rings. The predicted molar refractivity (Wildman–Crippen MR) is 82.4 cm³/mol. The Hall–Kier alpha value is -1.55. The number of aliphatic hydroxyl groups is 1. The number of hydrogen-bond donors (Lipinski definition) is 1. The van der Waals surface area contributed by atoms with E-state index in [9.17, 15) is 9.90 Å². The van der Waals surface area contributed by atoms with Gasteiger partial charge in [0.1, 0.15) is 5.75 Å². The van der Waals surface area contributed by atoms with Crippen molar-refractivity contribution in [2.75, 3.05) is 20.7 Å². The van der Waals surface area contributed by atoms with E-state index < -0.39 is 5.60 Å². The number of ether oxygens (including phenoxy) is 1. The van der Waals surface area contributed by atoms with E-state index >= 15 is 0 Å². The van der Waals surface area contributed by atoms with Crippen LogP contribution in [0.3, 0.4) is 0 Å². The zero-order chi connectivity index (χ0) is 15.3. The van der Waals surface area contributed by atoms with Gasteiger partial charge in [-0.3, -0.25) is 4.79 Å². The number of rotatable bonds is 6. The summed E-state index contributed by atoms with van der Waals surface area (Å²) in [4.78, 5) is 13.9. The van der Waals surface area contributed by atoms with Crippen molar-refractivity contribution < 1.29 is 14.6 Å². The van der Waals surface area contributed by atoms with E-state index in [-0.39, 0.29) is 5.91 Å². The van der Waals surface area contributed by atoms with Crippen LogP contribution in [0.4, 0.5) is 0 Å². The highest BCUT2D eigenvalue weighted by molar-refractivity contribution is 5.76. The molecule has 0 aliphatic heterocycles. The summed E-state index contributed by atoms with van der Waals surface area (Å²) in [5, 5.41) is 10.4. The van der Waals surface area contributed by atoms with E-state index in [1.807, 2.05) is 24.3 Å². The average molecular weight is 291 g/mol. The minimum absolute atomic E-state index is 0.0706. The van der Waals surface area contributed by atoms with Gasteiger partial charge in [0.05, 0.1) is 12.7 Å². The van der Waals surface area contributed by atoms with Gasteiger partial charge in [-0.1, -0.05) is 31.0 Å².